The quantitative estimate of drug-likeness (QED) is 0.801. The van der Waals surface area contributed by atoms with E-state index in [9.17, 15) is 18.0 Å². The van der Waals surface area contributed by atoms with Crippen molar-refractivity contribution in [1.82, 2.24) is 4.90 Å². The summed E-state index contributed by atoms with van der Waals surface area (Å²) < 4.78 is 38.9. The Labute approximate surface area is 162 Å². The first kappa shape index (κ1) is 20.2. The van der Waals surface area contributed by atoms with Crippen LogP contribution in [-0.2, 0) is 6.18 Å². The van der Waals surface area contributed by atoms with E-state index in [2.05, 4.69) is 5.32 Å². The monoisotopic (exact) mass is 391 g/mol. The number of anilines is 2. The molecule has 0 saturated carbocycles. The van der Waals surface area contributed by atoms with Crippen LogP contribution in [0.25, 0.3) is 0 Å². The molecule has 1 atom stereocenters. The fourth-order valence-corrected chi connectivity index (χ4v) is 3.42. The first-order valence-corrected chi connectivity index (χ1v) is 9.16. The number of hydrogen-bond acceptors (Lipinski definition) is 3. The van der Waals surface area contributed by atoms with E-state index in [1.54, 1.807) is 35.2 Å². The number of piperidine rings is 1. The predicted octanol–water partition coefficient (Wildman–Crippen LogP) is 4.65. The van der Waals surface area contributed by atoms with E-state index in [0.717, 1.165) is 12.1 Å². The number of amides is 1. The van der Waals surface area contributed by atoms with Crippen LogP contribution in [0.15, 0.2) is 48.5 Å². The van der Waals surface area contributed by atoms with Gasteiger partial charge >= 0.3 is 6.18 Å². The van der Waals surface area contributed by atoms with Gasteiger partial charge in [-0.25, -0.2) is 0 Å². The molecule has 150 valence electrons. The number of nitrogens with zero attached hydrogens (tertiary/aromatic N) is 1. The third-order valence-electron chi connectivity index (χ3n) is 5.23. The van der Waals surface area contributed by atoms with Crippen LogP contribution in [0.3, 0.4) is 0 Å². The third kappa shape index (κ3) is 4.30. The van der Waals surface area contributed by atoms with Crippen LogP contribution < -0.4 is 11.1 Å². The van der Waals surface area contributed by atoms with Gasteiger partial charge in [0, 0.05) is 24.8 Å². The van der Waals surface area contributed by atoms with Gasteiger partial charge in [-0.15, -0.1) is 0 Å². The third-order valence-corrected chi connectivity index (χ3v) is 5.23. The molecule has 0 bridgehead atoms. The Balaban J connectivity index is 1.85. The first-order chi connectivity index (χ1) is 13.1. The second-order valence-corrected chi connectivity index (χ2v) is 7.86. The van der Waals surface area contributed by atoms with Crippen LogP contribution in [-0.4, -0.2) is 29.9 Å². The molecule has 0 radical (unpaired) electrons. The molecule has 2 aromatic rings. The van der Waals surface area contributed by atoms with Crippen molar-refractivity contribution in [2.24, 2.45) is 11.1 Å². The number of halogens is 3. The first-order valence-electron chi connectivity index (χ1n) is 9.16. The maximum absolute atomic E-state index is 13.1. The number of para-hydroxylation sites is 1. The summed E-state index contributed by atoms with van der Waals surface area (Å²) in [4.78, 5) is 14.9. The summed E-state index contributed by atoms with van der Waals surface area (Å²) in [5.74, 6) is -0.157. The molecule has 1 aliphatic rings. The fourth-order valence-electron chi connectivity index (χ4n) is 3.42. The molecule has 1 unspecified atom stereocenters. The lowest BCUT2D eigenvalue weighted by Crippen LogP contribution is -2.54. The van der Waals surface area contributed by atoms with Crippen LogP contribution in [0.5, 0.6) is 0 Å². The number of likely N-dealkylation sites (tertiary alicyclic amines) is 1. The van der Waals surface area contributed by atoms with Crippen LogP contribution in [0.2, 0.25) is 0 Å². The minimum atomic E-state index is -4.43. The van der Waals surface area contributed by atoms with Crippen LogP contribution >= 0.6 is 0 Å². The molecule has 1 aliphatic heterocycles. The molecule has 1 amide bonds. The fraction of sp³-hybridized carbons (Fsp3) is 0.381. The SMILES string of the molecule is CC1(C)CN(C(=O)c2ccccc2Nc2cccc(C(F)(F)F)c2)CCC1N. The predicted molar refractivity (Wildman–Crippen MR) is 103 cm³/mol. The number of hydrogen-bond donors (Lipinski definition) is 2. The van der Waals surface area contributed by atoms with E-state index in [1.807, 2.05) is 13.8 Å². The summed E-state index contributed by atoms with van der Waals surface area (Å²) >= 11 is 0. The van der Waals surface area contributed by atoms with Crippen LogP contribution in [0.1, 0.15) is 36.2 Å². The zero-order chi connectivity index (χ0) is 20.5. The molecule has 0 aliphatic carbocycles. The Hall–Kier alpha value is -2.54. The summed E-state index contributed by atoms with van der Waals surface area (Å²) in [6.45, 7) is 5.15. The van der Waals surface area contributed by atoms with Gasteiger partial charge in [-0.3, -0.25) is 4.79 Å². The second kappa shape index (κ2) is 7.47. The largest absolute Gasteiger partial charge is 0.416 e. The van der Waals surface area contributed by atoms with E-state index in [4.69, 9.17) is 5.73 Å². The average molecular weight is 391 g/mol. The molecule has 2 aromatic carbocycles. The van der Waals surface area contributed by atoms with Gasteiger partial charge in [-0.2, -0.15) is 13.2 Å². The molecule has 3 rings (SSSR count). The van der Waals surface area contributed by atoms with E-state index in [1.165, 1.54) is 6.07 Å². The Kier molecular flexibility index (Phi) is 5.39. The molecule has 0 spiro atoms. The lowest BCUT2D eigenvalue weighted by molar-refractivity contribution is -0.137. The van der Waals surface area contributed by atoms with E-state index >= 15 is 0 Å². The molecule has 0 aromatic heterocycles. The highest BCUT2D eigenvalue weighted by Gasteiger charge is 2.36. The highest BCUT2D eigenvalue weighted by molar-refractivity contribution is 6.00. The highest BCUT2D eigenvalue weighted by Crippen LogP contribution is 2.33. The van der Waals surface area contributed by atoms with Crippen LogP contribution in [0, 0.1) is 5.41 Å². The molecule has 7 heteroatoms. The molecular formula is C21H24F3N3O. The number of benzene rings is 2. The molecule has 1 saturated heterocycles. The number of nitrogens with two attached hydrogens (primary N) is 1. The van der Waals surface area contributed by atoms with Gasteiger partial charge in [0.1, 0.15) is 0 Å². The summed E-state index contributed by atoms with van der Waals surface area (Å²) in [5, 5.41) is 2.96. The second-order valence-electron chi connectivity index (χ2n) is 7.86. The van der Waals surface area contributed by atoms with E-state index in [-0.39, 0.29) is 23.1 Å². The van der Waals surface area contributed by atoms with Crippen molar-refractivity contribution < 1.29 is 18.0 Å². The molecular weight excluding hydrogens is 367 g/mol. The van der Waals surface area contributed by atoms with Crippen molar-refractivity contribution in [3.05, 3.63) is 59.7 Å². The Morgan fingerprint density at radius 2 is 1.89 bits per heavy atom. The number of nitrogens with one attached hydrogen (secondary N) is 1. The molecule has 28 heavy (non-hydrogen) atoms. The normalized spacial score (nSPS) is 19.4. The van der Waals surface area contributed by atoms with Crippen molar-refractivity contribution in [3.63, 3.8) is 0 Å². The van der Waals surface area contributed by atoms with Gasteiger partial charge in [0.2, 0.25) is 0 Å². The molecule has 1 heterocycles. The van der Waals surface area contributed by atoms with Gasteiger partial charge in [0.15, 0.2) is 0 Å². The maximum atomic E-state index is 13.1. The highest BCUT2D eigenvalue weighted by atomic mass is 19.4. The van der Waals surface area contributed by atoms with Gasteiger partial charge in [-0.05, 0) is 42.2 Å². The van der Waals surface area contributed by atoms with Crippen molar-refractivity contribution in [2.75, 3.05) is 18.4 Å². The Bertz CT molecular complexity index is 864. The van der Waals surface area contributed by atoms with Gasteiger partial charge in [0.25, 0.3) is 5.91 Å². The van der Waals surface area contributed by atoms with Gasteiger partial charge < -0.3 is 16.0 Å². The number of rotatable bonds is 3. The van der Waals surface area contributed by atoms with E-state index in [0.29, 0.717) is 30.8 Å². The van der Waals surface area contributed by atoms with Crippen LogP contribution in [0.4, 0.5) is 24.5 Å². The summed E-state index contributed by atoms with van der Waals surface area (Å²) in [5.41, 5.74) is 6.38. The minimum absolute atomic E-state index is 0.0232. The summed E-state index contributed by atoms with van der Waals surface area (Å²) in [6, 6.07) is 11.8. The topological polar surface area (TPSA) is 58.4 Å². The Morgan fingerprint density at radius 1 is 1.18 bits per heavy atom. The number of carbonyl (C=O) groups excluding carboxylic acids is 1. The molecule has 1 fully saturated rings. The minimum Gasteiger partial charge on any atom is -0.355 e. The smallest absolute Gasteiger partial charge is 0.355 e. The number of alkyl halides is 3. The average Bonchev–Trinajstić information content (AvgIpc) is 2.63. The molecule has 4 nitrogen and oxygen atoms in total. The molecule has 3 N–H and O–H groups in total. The zero-order valence-electron chi connectivity index (χ0n) is 15.9. The van der Waals surface area contributed by atoms with Crippen molar-refractivity contribution in [1.29, 1.82) is 0 Å². The van der Waals surface area contributed by atoms with Crippen molar-refractivity contribution in [3.8, 4) is 0 Å². The zero-order valence-corrected chi connectivity index (χ0v) is 15.9. The number of carbonyl (C=O) groups is 1. The Morgan fingerprint density at radius 3 is 2.57 bits per heavy atom. The standard InChI is InChI=1S/C21H24F3N3O/c1-20(2)13-27(11-10-18(20)25)19(28)16-8-3-4-9-17(16)26-15-7-5-6-14(12-15)21(22,23)24/h3-9,12,18,26H,10-11,13,25H2,1-2H3. The maximum Gasteiger partial charge on any atom is 0.416 e. The van der Waals surface area contributed by atoms with Crippen molar-refractivity contribution >= 4 is 17.3 Å². The van der Waals surface area contributed by atoms with Gasteiger partial charge in [0.05, 0.1) is 16.8 Å². The summed E-state index contributed by atoms with van der Waals surface area (Å²) in [7, 11) is 0. The van der Waals surface area contributed by atoms with Gasteiger partial charge in [-0.1, -0.05) is 32.0 Å². The van der Waals surface area contributed by atoms with Crippen molar-refractivity contribution in [2.45, 2.75) is 32.5 Å². The van der Waals surface area contributed by atoms with E-state index < -0.39 is 11.7 Å². The summed E-state index contributed by atoms with van der Waals surface area (Å²) in [6.07, 6.45) is -3.72. The lowest BCUT2D eigenvalue weighted by Gasteiger charge is -2.42. The lowest BCUT2D eigenvalue weighted by atomic mass is 9.79.